The second-order valence-corrected chi connectivity index (χ2v) is 4.69. The summed E-state index contributed by atoms with van der Waals surface area (Å²) in [5, 5.41) is 12.6. The van der Waals surface area contributed by atoms with E-state index in [2.05, 4.69) is 5.32 Å². The second-order valence-electron chi connectivity index (χ2n) is 4.69. The first-order valence-corrected chi connectivity index (χ1v) is 6.12. The van der Waals surface area contributed by atoms with E-state index in [4.69, 9.17) is 4.74 Å². The van der Waals surface area contributed by atoms with Gasteiger partial charge in [-0.1, -0.05) is 6.07 Å². The zero-order chi connectivity index (χ0) is 13.4. The van der Waals surface area contributed by atoms with E-state index < -0.39 is 0 Å². The van der Waals surface area contributed by atoms with Crippen molar-refractivity contribution in [1.29, 1.82) is 0 Å². The number of benzene rings is 2. The van der Waals surface area contributed by atoms with Crippen LogP contribution in [0.2, 0.25) is 0 Å². The number of nitrogens with one attached hydrogen (secondary N) is 1. The van der Waals surface area contributed by atoms with Crippen LogP contribution in [0.15, 0.2) is 36.4 Å². The molecule has 2 aromatic rings. The van der Waals surface area contributed by atoms with E-state index in [-0.39, 0.29) is 17.6 Å². The number of rotatable bonds is 2. The minimum absolute atomic E-state index is 0.0299. The third kappa shape index (κ3) is 2.21. The fourth-order valence-electron chi connectivity index (χ4n) is 2.20. The van der Waals surface area contributed by atoms with E-state index in [9.17, 15) is 9.50 Å². The van der Waals surface area contributed by atoms with Crippen LogP contribution in [-0.4, -0.2) is 11.7 Å². The van der Waals surface area contributed by atoms with Gasteiger partial charge < -0.3 is 15.2 Å². The Labute approximate surface area is 110 Å². The highest BCUT2D eigenvalue weighted by Crippen LogP contribution is 2.36. The largest absolute Gasteiger partial charge is 0.508 e. The molecule has 2 aromatic carbocycles. The summed E-state index contributed by atoms with van der Waals surface area (Å²) < 4.78 is 19.0. The van der Waals surface area contributed by atoms with E-state index in [1.165, 1.54) is 6.07 Å². The number of halogens is 1. The molecule has 3 nitrogen and oxygen atoms in total. The highest BCUT2D eigenvalue weighted by molar-refractivity contribution is 5.52. The van der Waals surface area contributed by atoms with Crippen molar-refractivity contribution in [3.8, 4) is 11.5 Å². The summed E-state index contributed by atoms with van der Waals surface area (Å²) in [4.78, 5) is 0. The van der Waals surface area contributed by atoms with Crippen molar-refractivity contribution in [3.05, 3.63) is 53.3 Å². The molecular weight excluding hydrogens is 245 g/mol. The Balaban J connectivity index is 1.84. The molecule has 0 amide bonds. The summed E-state index contributed by atoms with van der Waals surface area (Å²) in [6, 6.07) is 10.1. The molecule has 98 valence electrons. The molecule has 2 N–H and O–H groups in total. The van der Waals surface area contributed by atoms with Gasteiger partial charge >= 0.3 is 0 Å². The minimum Gasteiger partial charge on any atom is -0.508 e. The van der Waals surface area contributed by atoms with Crippen LogP contribution in [0.5, 0.6) is 11.5 Å². The summed E-state index contributed by atoms with van der Waals surface area (Å²) in [5.41, 5.74) is 2.31. The number of aromatic hydroxyl groups is 1. The molecule has 1 aliphatic rings. The number of hydrogen-bond acceptors (Lipinski definition) is 3. The summed E-state index contributed by atoms with van der Waals surface area (Å²) in [6.45, 7) is 2.20. The van der Waals surface area contributed by atoms with Crippen LogP contribution in [-0.2, 0) is 0 Å². The number of phenolic OH excluding ortho intramolecular Hbond substituents is 1. The summed E-state index contributed by atoms with van der Waals surface area (Å²) in [7, 11) is 0. The van der Waals surface area contributed by atoms with Crippen LogP contribution in [0.3, 0.4) is 0 Å². The fourth-order valence-corrected chi connectivity index (χ4v) is 2.20. The first-order valence-electron chi connectivity index (χ1n) is 6.12. The number of ether oxygens (including phenoxy) is 1. The van der Waals surface area contributed by atoms with E-state index >= 15 is 0 Å². The molecule has 19 heavy (non-hydrogen) atoms. The van der Waals surface area contributed by atoms with E-state index in [0.29, 0.717) is 17.9 Å². The van der Waals surface area contributed by atoms with Gasteiger partial charge in [0.05, 0.1) is 6.04 Å². The number of anilines is 1. The average Bonchev–Trinajstić information content (AvgIpc) is 2.76. The Morgan fingerprint density at radius 1 is 1.26 bits per heavy atom. The number of fused-ring (bicyclic) bond motifs is 1. The fraction of sp³-hybridized carbons (Fsp3) is 0.200. The Morgan fingerprint density at radius 3 is 2.89 bits per heavy atom. The summed E-state index contributed by atoms with van der Waals surface area (Å²) in [6.07, 6.45) is 0. The summed E-state index contributed by atoms with van der Waals surface area (Å²) >= 11 is 0. The van der Waals surface area contributed by atoms with Gasteiger partial charge in [0.15, 0.2) is 0 Å². The molecule has 1 heterocycles. The van der Waals surface area contributed by atoms with E-state index in [1.807, 2.05) is 12.1 Å². The number of phenols is 1. The normalized spacial score (nSPS) is 16.8. The van der Waals surface area contributed by atoms with Crippen molar-refractivity contribution in [1.82, 2.24) is 0 Å². The molecule has 0 fully saturated rings. The molecule has 0 spiro atoms. The van der Waals surface area contributed by atoms with E-state index in [1.54, 1.807) is 25.1 Å². The Hall–Kier alpha value is -2.23. The monoisotopic (exact) mass is 259 g/mol. The van der Waals surface area contributed by atoms with Gasteiger partial charge in [-0.3, -0.25) is 0 Å². The second kappa shape index (κ2) is 4.46. The predicted octanol–water partition coefficient (Wildman–Crippen LogP) is 3.39. The highest BCUT2D eigenvalue weighted by atomic mass is 19.1. The van der Waals surface area contributed by atoms with Gasteiger partial charge in [0.25, 0.3) is 0 Å². The minimum atomic E-state index is -0.227. The number of hydrogen-bond donors (Lipinski definition) is 2. The van der Waals surface area contributed by atoms with E-state index in [0.717, 1.165) is 11.3 Å². The molecule has 4 heteroatoms. The maximum Gasteiger partial charge on any atom is 0.128 e. The van der Waals surface area contributed by atoms with Gasteiger partial charge in [-0.25, -0.2) is 4.39 Å². The smallest absolute Gasteiger partial charge is 0.128 e. The van der Waals surface area contributed by atoms with Crippen molar-refractivity contribution >= 4 is 5.69 Å². The van der Waals surface area contributed by atoms with Gasteiger partial charge in [-0.05, 0) is 36.8 Å². The molecule has 1 unspecified atom stereocenters. The SMILES string of the molecule is Cc1ccc(NC2COc3cc(O)ccc32)cc1F. The van der Waals surface area contributed by atoms with Gasteiger partial charge in [0.1, 0.15) is 23.9 Å². The molecule has 0 aromatic heterocycles. The maximum atomic E-state index is 13.5. The lowest BCUT2D eigenvalue weighted by atomic mass is 10.1. The predicted molar refractivity (Wildman–Crippen MR) is 71.1 cm³/mol. The quantitative estimate of drug-likeness (QED) is 0.868. The lowest BCUT2D eigenvalue weighted by Crippen LogP contribution is -2.12. The van der Waals surface area contributed by atoms with Crippen molar-refractivity contribution in [2.75, 3.05) is 11.9 Å². The molecule has 0 saturated heterocycles. The molecular formula is C15H14FNO2. The van der Waals surface area contributed by atoms with Gasteiger partial charge in [-0.2, -0.15) is 0 Å². The molecule has 0 radical (unpaired) electrons. The van der Waals surface area contributed by atoms with Crippen LogP contribution in [0.4, 0.5) is 10.1 Å². The molecule has 0 bridgehead atoms. The number of aryl methyl sites for hydroxylation is 1. The molecule has 1 atom stereocenters. The maximum absolute atomic E-state index is 13.5. The van der Waals surface area contributed by atoms with Gasteiger partial charge in [-0.15, -0.1) is 0 Å². The van der Waals surface area contributed by atoms with Crippen LogP contribution in [0.25, 0.3) is 0 Å². The summed E-state index contributed by atoms with van der Waals surface area (Å²) in [5.74, 6) is 0.626. The Kier molecular flexibility index (Phi) is 2.78. The zero-order valence-corrected chi connectivity index (χ0v) is 10.5. The molecule has 0 saturated carbocycles. The zero-order valence-electron chi connectivity index (χ0n) is 10.5. The van der Waals surface area contributed by atoms with Crippen molar-refractivity contribution in [2.45, 2.75) is 13.0 Å². The first-order chi connectivity index (χ1) is 9.13. The van der Waals surface area contributed by atoms with Gasteiger partial charge in [0.2, 0.25) is 0 Å². The first kappa shape index (κ1) is 11.8. The van der Waals surface area contributed by atoms with Crippen LogP contribution < -0.4 is 10.1 Å². The molecule has 0 aliphatic carbocycles. The van der Waals surface area contributed by atoms with Crippen molar-refractivity contribution in [2.24, 2.45) is 0 Å². The molecule has 1 aliphatic heterocycles. The third-order valence-corrected chi connectivity index (χ3v) is 3.29. The van der Waals surface area contributed by atoms with Crippen molar-refractivity contribution in [3.63, 3.8) is 0 Å². The van der Waals surface area contributed by atoms with Gasteiger partial charge in [0, 0.05) is 17.3 Å². The Morgan fingerprint density at radius 2 is 2.11 bits per heavy atom. The standard InChI is InChI=1S/C15H14FNO2/c1-9-2-3-10(6-13(9)16)17-14-8-19-15-7-11(18)4-5-12(14)15/h2-7,14,17-18H,8H2,1H3. The lowest BCUT2D eigenvalue weighted by Gasteiger charge is -2.13. The van der Waals surface area contributed by atoms with Crippen LogP contribution in [0.1, 0.15) is 17.2 Å². The lowest BCUT2D eigenvalue weighted by molar-refractivity contribution is 0.338. The van der Waals surface area contributed by atoms with Crippen LogP contribution in [0, 0.1) is 12.7 Å². The molecule has 3 rings (SSSR count). The average molecular weight is 259 g/mol. The topological polar surface area (TPSA) is 41.5 Å². The third-order valence-electron chi connectivity index (χ3n) is 3.29. The van der Waals surface area contributed by atoms with Crippen molar-refractivity contribution < 1.29 is 14.2 Å². The Bertz CT molecular complexity index is 628. The highest BCUT2D eigenvalue weighted by Gasteiger charge is 2.24. The van der Waals surface area contributed by atoms with Crippen LogP contribution >= 0.6 is 0 Å².